The van der Waals surface area contributed by atoms with Gasteiger partial charge in [0, 0.05) is 18.3 Å². The molecule has 3 aromatic rings. The highest BCUT2D eigenvalue weighted by molar-refractivity contribution is 9.10. The first-order chi connectivity index (χ1) is 16.0. The maximum Gasteiger partial charge on any atom is 0.262 e. The lowest BCUT2D eigenvalue weighted by Crippen LogP contribution is -2.13. The molecular formula is C23H27BrN4O4S. The van der Waals surface area contributed by atoms with Gasteiger partial charge in [0.15, 0.2) is 5.17 Å². The number of nitrogens with zero attached hydrogens (tertiary/aromatic N) is 2. The zero-order chi connectivity index (χ0) is 24.0. The largest absolute Gasteiger partial charge is 0.496 e. The first-order valence-corrected chi connectivity index (χ1v) is 12.5. The number of methoxy groups -OCH3 is 2. The second-order valence-electron chi connectivity index (χ2n) is 6.90. The van der Waals surface area contributed by atoms with E-state index in [1.165, 1.54) is 18.9 Å². The number of hydrogen-bond donors (Lipinski definition) is 2. The summed E-state index contributed by atoms with van der Waals surface area (Å²) in [6.45, 7) is 5.23. The second kappa shape index (κ2) is 11.4. The van der Waals surface area contributed by atoms with Gasteiger partial charge < -0.3 is 24.5 Å². The van der Waals surface area contributed by atoms with Crippen molar-refractivity contribution in [1.29, 1.82) is 0 Å². The maximum absolute atomic E-state index is 13.1. The van der Waals surface area contributed by atoms with Gasteiger partial charge in [0.2, 0.25) is 0 Å². The molecule has 2 N–H and O–H groups in total. The molecule has 0 spiro atoms. The minimum absolute atomic E-state index is 0.327. The molecule has 0 atom stereocenters. The van der Waals surface area contributed by atoms with Crippen LogP contribution in [0.5, 0.6) is 17.2 Å². The number of fused-ring (bicyclic) bond motifs is 1. The predicted molar refractivity (Wildman–Crippen MR) is 140 cm³/mol. The molecule has 10 heteroatoms. The van der Waals surface area contributed by atoms with Crippen molar-refractivity contribution in [2.75, 3.05) is 38.9 Å². The van der Waals surface area contributed by atoms with Crippen LogP contribution in [0.3, 0.4) is 0 Å². The van der Waals surface area contributed by atoms with E-state index in [4.69, 9.17) is 19.2 Å². The van der Waals surface area contributed by atoms with Gasteiger partial charge >= 0.3 is 0 Å². The fourth-order valence-electron chi connectivity index (χ4n) is 3.22. The number of benzene rings is 2. The van der Waals surface area contributed by atoms with Gasteiger partial charge in [-0.25, -0.2) is 4.98 Å². The highest BCUT2D eigenvalue weighted by atomic mass is 79.9. The smallest absolute Gasteiger partial charge is 0.262 e. The number of rotatable bonds is 8. The number of hydrogen-bond acceptors (Lipinski definition) is 7. The Morgan fingerprint density at radius 1 is 1.18 bits per heavy atom. The minimum atomic E-state index is -0.327. The zero-order valence-corrected chi connectivity index (χ0v) is 21.6. The molecule has 0 saturated carbocycles. The fraction of sp³-hybridized carbons (Fsp3) is 0.348. The molecule has 0 bridgehead atoms. The Balaban J connectivity index is 2.23. The van der Waals surface area contributed by atoms with Crippen LogP contribution in [0.2, 0.25) is 0 Å². The number of aromatic nitrogens is 2. The van der Waals surface area contributed by atoms with Crippen molar-refractivity contribution in [1.82, 2.24) is 9.97 Å². The van der Waals surface area contributed by atoms with Gasteiger partial charge in [-0.1, -0.05) is 18.7 Å². The van der Waals surface area contributed by atoms with Crippen LogP contribution in [0.4, 0.5) is 5.69 Å². The standard InChI is InChI=1S/C23H27BrN4O4S/c1-6-10-32-15-9-8-13(26-23(33-5)25-7-2)11-14(15)21-27-20-18(22(29)28-21)16(30-3)12-17(31-4)19(20)24/h8-9,11-12H,6-7,10H2,1-5H3,(H,25,26)(H,27,28,29). The molecule has 8 nitrogen and oxygen atoms in total. The Labute approximate surface area is 205 Å². The summed E-state index contributed by atoms with van der Waals surface area (Å²) >= 11 is 5.05. The van der Waals surface area contributed by atoms with E-state index in [0.717, 1.165) is 17.3 Å². The van der Waals surface area contributed by atoms with Crippen molar-refractivity contribution in [3.63, 3.8) is 0 Å². The van der Waals surface area contributed by atoms with E-state index in [1.807, 2.05) is 38.3 Å². The summed E-state index contributed by atoms with van der Waals surface area (Å²) in [5.41, 5.74) is 1.56. The lowest BCUT2D eigenvalue weighted by molar-refractivity contribution is 0.318. The number of nitrogens with one attached hydrogen (secondary N) is 2. The number of aliphatic imine (C=N–C) groups is 1. The topological polar surface area (TPSA) is 97.8 Å². The first-order valence-electron chi connectivity index (χ1n) is 10.4. The third kappa shape index (κ3) is 5.44. The van der Waals surface area contributed by atoms with Crippen LogP contribution in [0.25, 0.3) is 22.3 Å². The SMILES string of the molecule is CCCOc1ccc(NC(=NCC)SC)cc1-c1nc2c(Br)c(OC)cc(OC)c2c(=O)[nH]1. The van der Waals surface area contributed by atoms with E-state index in [-0.39, 0.29) is 5.56 Å². The van der Waals surface area contributed by atoms with E-state index in [0.29, 0.717) is 57.2 Å². The molecule has 0 saturated heterocycles. The Morgan fingerprint density at radius 2 is 1.94 bits per heavy atom. The third-order valence-electron chi connectivity index (χ3n) is 4.73. The van der Waals surface area contributed by atoms with Crippen molar-refractivity contribution < 1.29 is 14.2 Å². The van der Waals surface area contributed by atoms with Gasteiger partial charge in [-0.15, -0.1) is 0 Å². The van der Waals surface area contributed by atoms with Crippen molar-refractivity contribution in [2.45, 2.75) is 20.3 Å². The van der Waals surface area contributed by atoms with E-state index < -0.39 is 0 Å². The second-order valence-corrected chi connectivity index (χ2v) is 8.49. The number of thioether (sulfide) groups is 1. The molecule has 0 amide bonds. The van der Waals surface area contributed by atoms with Gasteiger partial charge in [0.25, 0.3) is 5.56 Å². The number of aromatic amines is 1. The first kappa shape index (κ1) is 24.9. The molecule has 0 aliphatic carbocycles. The molecule has 176 valence electrons. The van der Waals surface area contributed by atoms with E-state index in [1.54, 1.807) is 13.2 Å². The summed E-state index contributed by atoms with van der Waals surface area (Å²) in [7, 11) is 3.05. The molecule has 33 heavy (non-hydrogen) atoms. The van der Waals surface area contributed by atoms with E-state index in [9.17, 15) is 4.79 Å². The molecule has 0 aliphatic rings. The van der Waals surface area contributed by atoms with Gasteiger partial charge in [0.1, 0.15) is 28.5 Å². The normalized spacial score (nSPS) is 11.5. The quantitative estimate of drug-likeness (QED) is 0.298. The van der Waals surface area contributed by atoms with Crippen molar-refractivity contribution in [2.24, 2.45) is 4.99 Å². The number of anilines is 1. The van der Waals surface area contributed by atoms with Gasteiger partial charge in [-0.2, -0.15) is 0 Å². The van der Waals surface area contributed by atoms with E-state index >= 15 is 0 Å². The molecule has 3 rings (SSSR count). The molecule has 2 aromatic carbocycles. The Kier molecular flexibility index (Phi) is 8.62. The molecule has 0 radical (unpaired) electrons. The monoisotopic (exact) mass is 534 g/mol. The predicted octanol–water partition coefficient (Wildman–Crippen LogP) is 5.31. The van der Waals surface area contributed by atoms with E-state index in [2.05, 4.69) is 31.2 Å². The Hall–Kier alpha value is -2.72. The van der Waals surface area contributed by atoms with Crippen molar-refractivity contribution >= 4 is 49.4 Å². The highest BCUT2D eigenvalue weighted by Gasteiger charge is 2.19. The van der Waals surface area contributed by atoms with Crippen LogP contribution in [0.15, 0.2) is 38.5 Å². The lowest BCUT2D eigenvalue weighted by Gasteiger charge is -2.15. The summed E-state index contributed by atoms with van der Waals surface area (Å²) in [4.78, 5) is 25.2. The number of halogens is 1. The molecule has 0 fully saturated rings. The van der Waals surface area contributed by atoms with Crippen molar-refractivity contribution in [3.8, 4) is 28.6 Å². The third-order valence-corrected chi connectivity index (χ3v) is 6.12. The van der Waals surface area contributed by atoms with Gasteiger partial charge in [-0.3, -0.25) is 9.79 Å². The average Bonchev–Trinajstić information content (AvgIpc) is 2.83. The van der Waals surface area contributed by atoms with Crippen LogP contribution in [0, 0.1) is 0 Å². The molecule has 0 aliphatic heterocycles. The molecule has 1 aromatic heterocycles. The van der Waals surface area contributed by atoms with Crippen LogP contribution in [0.1, 0.15) is 20.3 Å². The Morgan fingerprint density at radius 3 is 2.58 bits per heavy atom. The number of amidine groups is 1. The lowest BCUT2D eigenvalue weighted by atomic mass is 10.1. The number of ether oxygens (including phenoxy) is 3. The maximum atomic E-state index is 13.1. The molecule has 1 heterocycles. The van der Waals surface area contributed by atoms with Crippen molar-refractivity contribution in [3.05, 3.63) is 39.1 Å². The van der Waals surface area contributed by atoms with Crippen LogP contribution < -0.4 is 25.1 Å². The highest BCUT2D eigenvalue weighted by Crippen LogP contribution is 2.38. The molecular weight excluding hydrogens is 508 g/mol. The number of H-pyrrole nitrogens is 1. The summed E-state index contributed by atoms with van der Waals surface area (Å²) in [6.07, 6.45) is 2.81. The Bertz CT molecular complexity index is 1230. The summed E-state index contributed by atoms with van der Waals surface area (Å²) in [6, 6.07) is 7.32. The van der Waals surface area contributed by atoms with Crippen LogP contribution in [-0.2, 0) is 0 Å². The summed E-state index contributed by atoms with van der Waals surface area (Å²) in [5, 5.41) is 4.44. The summed E-state index contributed by atoms with van der Waals surface area (Å²) < 4.78 is 17.4. The fourth-order valence-corrected chi connectivity index (χ4v) is 4.26. The van der Waals surface area contributed by atoms with Crippen LogP contribution >= 0.6 is 27.7 Å². The van der Waals surface area contributed by atoms with Crippen LogP contribution in [-0.4, -0.2) is 48.8 Å². The van der Waals surface area contributed by atoms with Gasteiger partial charge in [0.05, 0.1) is 36.4 Å². The summed E-state index contributed by atoms with van der Waals surface area (Å²) in [5.74, 6) is 1.88. The zero-order valence-electron chi connectivity index (χ0n) is 19.2. The average molecular weight is 535 g/mol. The minimum Gasteiger partial charge on any atom is -0.496 e. The molecule has 0 unspecified atom stereocenters. The van der Waals surface area contributed by atoms with Gasteiger partial charge in [-0.05, 0) is 53.7 Å².